The molecule has 2 N–H and O–H groups in total. The van der Waals surface area contributed by atoms with Gasteiger partial charge in [-0.2, -0.15) is 0 Å². The van der Waals surface area contributed by atoms with Crippen LogP contribution in [-0.2, 0) is 39.8 Å². The van der Waals surface area contributed by atoms with E-state index in [9.17, 15) is 0 Å². The molecule has 1 heterocycles. The third kappa shape index (κ3) is 4.03. The van der Waals surface area contributed by atoms with Gasteiger partial charge in [-0.25, -0.2) is 0 Å². The van der Waals surface area contributed by atoms with Crippen molar-refractivity contribution in [3.63, 3.8) is 0 Å². The van der Waals surface area contributed by atoms with Crippen molar-refractivity contribution >= 4 is 47.8 Å². The molecule has 0 amide bonds. The van der Waals surface area contributed by atoms with Crippen molar-refractivity contribution in [2.24, 2.45) is 0 Å². The summed E-state index contributed by atoms with van der Waals surface area (Å²) < 4.78 is 11.7. The van der Waals surface area contributed by atoms with Gasteiger partial charge in [-0.3, -0.25) is 0 Å². The van der Waals surface area contributed by atoms with Crippen LogP contribution in [-0.4, -0.2) is 49.8 Å². The van der Waals surface area contributed by atoms with Crippen LogP contribution in [0.5, 0.6) is 0 Å². The molecule has 9 heteroatoms. The molecular formula is H6NaO5PSiZr. The third-order valence-electron chi connectivity index (χ3n) is 0.581. The Bertz CT molecular complexity index is 99.1. The van der Waals surface area contributed by atoms with E-state index in [4.69, 9.17) is 9.79 Å². The molecule has 0 unspecified atom stereocenters. The fourth-order valence-corrected chi connectivity index (χ4v) is 0.939. The van der Waals surface area contributed by atoms with Crippen molar-refractivity contribution in [2.75, 3.05) is 0 Å². The molecule has 9 heavy (non-hydrogen) atoms. The van der Waals surface area contributed by atoms with Gasteiger partial charge in [0.1, 0.15) is 0 Å². The van der Waals surface area contributed by atoms with Crippen LogP contribution in [0.25, 0.3) is 0 Å². The Morgan fingerprint density at radius 2 is 1.67 bits per heavy atom. The minimum absolute atomic E-state index is 0. The predicted molar refractivity (Wildman–Crippen MR) is 31.7 cm³/mol. The molecule has 1 rings (SSSR count). The molecule has 0 aromatic rings. The van der Waals surface area contributed by atoms with Crippen molar-refractivity contribution in [1.82, 2.24) is 0 Å². The topological polar surface area (TPSA) is 74.8 Å². The van der Waals surface area contributed by atoms with Crippen molar-refractivity contribution in [2.45, 2.75) is 0 Å². The molecule has 0 radical (unpaired) electrons. The molecule has 5 nitrogen and oxygen atoms in total. The first-order chi connectivity index (χ1) is 3.05. The van der Waals surface area contributed by atoms with Gasteiger partial charge in [-0.05, 0) is 0 Å². The molecule has 1 saturated heterocycles. The number of hydrogen-bond acceptors (Lipinski definition) is 5. The Morgan fingerprint density at radius 3 is 1.67 bits per heavy atom. The molecule has 1 aliphatic rings. The van der Waals surface area contributed by atoms with Gasteiger partial charge in [0, 0.05) is 26.2 Å². The SMILES string of the molecule is OP1(O)(O[SiH3])OO1.[NaH].[Zr]. The maximum Gasteiger partial charge on any atom is 0 e. The zero-order chi connectivity index (χ0) is 5.57. The molecule has 0 aromatic heterocycles. The first kappa shape index (κ1) is 13.9. The Hall–Kier alpha value is 2.33. The van der Waals surface area contributed by atoms with E-state index < -0.39 is 7.74 Å². The van der Waals surface area contributed by atoms with Crippen LogP contribution in [0.3, 0.4) is 0 Å². The van der Waals surface area contributed by atoms with Crippen LogP contribution < -0.4 is 0 Å². The largest absolute Gasteiger partial charge is 0 e. The normalized spacial score (nSPS) is 30.2. The molecule has 0 aliphatic carbocycles. The third-order valence-corrected chi connectivity index (χ3v) is 3.62. The summed E-state index contributed by atoms with van der Waals surface area (Å²) >= 11 is 0. The molecule has 0 saturated carbocycles. The summed E-state index contributed by atoms with van der Waals surface area (Å²) in [4.78, 5) is 16.9. The van der Waals surface area contributed by atoms with Crippen LogP contribution >= 0.6 is 7.74 Å². The van der Waals surface area contributed by atoms with E-state index in [1.54, 1.807) is 0 Å². The second kappa shape index (κ2) is 3.83. The quantitative estimate of drug-likeness (QED) is 0.240. The minimum Gasteiger partial charge on any atom is 0 e. The van der Waals surface area contributed by atoms with E-state index in [2.05, 4.69) is 13.6 Å². The zero-order valence-electron chi connectivity index (χ0n) is 4.07. The summed E-state index contributed by atoms with van der Waals surface area (Å²) in [5.74, 6) is 0. The summed E-state index contributed by atoms with van der Waals surface area (Å²) in [6, 6.07) is 0. The van der Waals surface area contributed by atoms with Gasteiger partial charge in [-0.15, -0.1) is 0 Å². The standard InChI is InChI=1S/Na.H5O5PSi.Zr.H/c;1-6(2,5-7)3-4-6;;/h;1-2H,7H3;;. The Kier molecular flexibility index (Phi) is 5.90. The van der Waals surface area contributed by atoms with Gasteiger partial charge in [0.05, 0.1) is 0 Å². The molecule has 0 bridgehead atoms. The van der Waals surface area contributed by atoms with Crippen molar-refractivity contribution < 1.29 is 49.6 Å². The molecule has 50 valence electrons. The van der Waals surface area contributed by atoms with E-state index in [1.165, 1.54) is 0 Å². The second-order valence-electron chi connectivity index (χ2n) is 1.13. The van der Waals surface area contributed by atoms with Crippen molar-refractivity contribution in [3.8, 4) is 0 Å². The van der Waals surface area contributed by atoms with E-state index in [0.29, 0.717) is 0 Å². The average Bonchev–Trinajstić information content (AvgIpc) is 2.20. The first-order valence-electron chi connectivity index (χ1n) is 1.52. The Morgan fingerprint density at radius 1 is 1.33 bits per heavy atom. The zero-order valence-corrected chi connectivity index (χ0v) is 9.42. The van der Waals surface area contributed by atoms with Crippen molar-refractivity contribution in [1.29, 1.82) is 0 Å². The summed E-state index contributed by atoms with van der Waals surface area (Å²) in [7, 11) is -4.07. The number of hydrogen-bond donors (Lipinski definition) is 2. The fraction of sp³-hybridized carbons (Fsp3) is 0. The Balaban J connectivity index is 0. The van der Waals surface area contributed by atoms with Crippen LogP contribution in [0, 0.1) is 0 Å². The molecule has 0 spiro atoms. The molecular weight excluding hydrogens is 253 g/mol. The van der Waals surface area contributed by atoms with Crippen LogP contribution in [0.4, 0.5) is 0 Å². The van der Waals surface area contributed by atoms with E-state index in [1.807, 2.05) is 0 Å². The Labute approximate surface area is 96.3 Å². The predicted octanol–water partition coefficient (Wildman–Crippen LogP) is -2.29. The van der Waals surface area contributed by atoms with Gasteiger partial charge >= 0.3 is 71.1 Å². The summed E-state index contributed by atoms with van der Waals surface area (Å²) in [5.41, 5.74) is 0. The van der Waals surface area contributed by atoms with Crippen LogP contribution in [0.2, 0.25) is 0 Å². The van der Waals surface area contributed by atoms with Gasteiger partial charge in [0.25, 0.3) is 0 Å². The van der Waals surface area contributed by atoms with Gasteiger partial charge in [0.2, 0.25) is 0 Å². The molecule has 1 aliphatic heterocycles. The summed E-state index contributed by atoms with van der Waals surface area (Å²) in [6.07, 6.45) is 0. The second-order valence-corrected chi connectivity index (χ2v) is 4.50. The summed E-state index contributed by atoms with van der Waals surface area (Å²) in [5, 5.41) is 0. The maximum absolute atomic E-state index is 8.46. The average molecular weight is 259 g/mol. The summed E-state index contributed by atoms with van der Waals surface area (Å²) in [6.45, 7) is 0. The smallest absolute Gasteiger partial charge is 0 e. The molecule has 0 aromatic carbocycles. The van der Waals surface area contributed by atoms with Gasteiger partial charge in [0.15, 0.2) is 0 Å². The van der Waals surface area contributed by atoms with Gasteiger partial charge < -0.3 is 0 Å². The monoisotopic (exact) mass is 258 g/mol. The minimum atomic E-state index is -4.26. The van der Waals surface area contributed by atoms with E-state index >= 15 is 0 Å². The van der Waals surface area contributed by atoms with Crippen LogP contribution in [0.15, 0.2) is 0 Å². The number of rotatable bonds is 1. The first-order valence-corrected chi connectivity index (χ1v) is 4.23. The molecule has 1 fully saturated rings. The fourth-order valence-electron chi connectivity index (χ4n) is 0.104. The van der Waals surface area contributed by atoms with Gasteiger partial charge in [-0.1, -0.05) is 0 Å². The maximum atomic E-state index is 8.46. The van der Waals surface area contributed by atoms with E-state index in [-0.39, 0.29) is 66.2 Å². The van der Waals surface area contributed by atoms with Crippen molar-refractivity contribution in [3.05, 3.63) is 0 Å². The van der Waals surface area contributed by atoms with E-state index in [0.717, 1.165) is 0 Å². The molecule has 0 atom stereocenters. The van der Waals surface area contributed by atoms with Crippen LogP contribution in [0.1, 0.15) is 0 Å².